The molecule has 2 aromatic rings. The van der Waals surface area contributed by atoms with Gasteiger partial charge >= 0.3 is 5.97 Å². The lowest BCUT2D eigenvalue weighted by Gasteiger charge is -2.29. The van der Waals surface area contributed by atoms with Gasteiger partial charge in [0.2, 0.25) is 0 Å². The van der Waals surface area contributed by atoms with Gasteiger partial charge in [-0.1, -0.05) is 13.8 Å². The molecule has 3 aliphatic rings. The third kappa shape index (κ3) is 5.30. The summed E-state index contributed by atoms with van der Waals surface area (Å²) in [4.78, 5) is 17.5. The van der Waals surface area contributed by atoms with E-state index in [-0.39, 0.29) is 18.0 Å². The third-order valence-electron chi connectivity index (χ3n) is 7.40. The van der Waals surface area contributed by atoms with Gasteiger partial charge in [0.1, 0.15) is 17.7 Å². The molecule has 3 N–H and O–H groups in total. The molecular formula is C25H38N6O3. The van der Waals surface area contributed by atoms with Crippen LogP contribution in [0.15, 0.2) is 12.3 Å². The summed E-state index contributed by atoms with van der Waals surface area (Å²) in [5, 5.41) is 15.3. The normalized spacial score (nSPS) is 26.1. The van der Waals surface area contributed by atoms with Crippen molar-refractivity contribution in [1.82, 2.24) is 19.9 Å². The predicted molar refractivity (Wildman–Crippen MR) is 131 cm³/mol. The van der Waals surface area contributed by atoms with Crippen LogP contribution in [0.25, 0.3) is 5.65 Å². The van der Waals surface area contributed by atoms with E-state index in [2.05, 4.69) is 41.0 Å². The van der Waals surface area contributed by atoms with Gasteiger partial charge in [0, 0.05) is 43.5 Å². The van der Waals surface area contributed by atoms with E-state index in [1.807, 2.05) is 10.7 Å². The maximum atomic E-state index is 12.6. The number of carbonyl (C=O) groups excluding carboxylic acids is 1. The van der Waals surface area contributed by atoms with Crippen LogP contribution in [-0.4, -0.2) is 65.1 Å². The van der Waals surface area contributed by atoms with Gasteiger partial charge in [-0.3, -0.25) is 4.79 Å². The quantitative estimate of drug-likeness (QED) is 0.530. The SMILES string of the molecule is CC(C)c1cnn2c(NC3CCC(C(=O)OC4CCNC4)CC3)cc(NC3CCOCC3)nc12. The summed E-state index contributed by atoms with van der Waals surface area (Å²) >= 11 is 0. The molecule has 2 saturated heterocycles. The minimum atomic E-state index is -0.0185. The van der Waals surface area contributed by atoms with Gasteiger partial charge in [0.05, 0.1) is 12.1 Å². The van der Waals surface area contributed by atoms with Crippen molar-refractivity contribution in [1.29, 1.82) is 0 Å². The van der Waals surface area contributed by atoms with E-state index in [0.29, 0.717) is 18.0 Å². The lowest BCUT2D eigenvalue weighted by molar-refractivity contribution is -0.154. The summed E-state index contributed by atoms with van der Waals surface area (Å²) in [6.45, 7) is 7.65. The molecule has 0 amide bonds. The zero-order valence-electron chi connectivity index (χ0n) is 20.4. The highest BCUT2D eigenvalue weighted by molar-refractivity contribution is 5.73. The molecule has 0 aromatic carbocycles. The van der Waals surface area contributed by atoms with Crippen molar-refractivity contribution < 1.29 is 14.3 Å². The van der Waals surface area contributed by atoms with E-state index >= 15 is 0 Å². The lowest BCUT2D eigenvalue weighted by Crippen LogP contribution is -2.33. The second-order valence-corrected chi connectivity index (χ2v) is 10.3. The Labute approximate surface area is 201 Å². The summed E-state index contributed by atoms with van der Waals surface area (Å²) in [5.41, 5.74) is 2.04. The van der Waals surface area contributed by atoms with E-state index in [9.17, 15) is 4.79 Å². The summed E-state index contributed by atoms with van der Waals surface area (Å²) < 4.78 is 13.2. The number of fused-ring (bicyclic) bond motifs is 1. The van der Waals surface area contributed by atoms with Crippen LogP contribution >= 0.6 is 0 Å². The van der Waals surface area contributed by atoms with Gasteiger partial charge in [0.25, 0.3) is 0 Å². The van der Waals surface area contributed by atoms with Crippen LogP contribution in [0.2, 0.25) is 0 Å². The lowest BCUT2D eigenvalue weighted by atomic mass is 9.86. The summed E-state index contributed by atoms with van der Waals surface area (Å²) in [6, 6.07) is 2.75. The molecular weight excluding hydrogens is 432 g/mol. The minimum Gasteiger partial charge on any atom is -0.461 e. The van der Waals surface area contributed by atoms with E-state index < -0.39 is 0 Å². The van der Waals surface area contributed by atoms with E-state index in [0.717, 1.165) is 94.1 Å². The predicted octanol–water partition coefficient (Wildman–Crippen LogP) is 3.32. The van der Waals surface area contributed by atoms with Crippen molar-refractivity contribution in [2.75, 3.05) is 36.9 Å². The molecule has 0 spiro atoms. The standard InChI is InChI=1S/C25H38N6O3/c1-16(2)21-15-27-31-23(13-22(30-24(21)31)28-19-8-11-33-12-9-19)29-18-5-3-17(4-6-18)25(32)34-20-7-10-26-14-20/h13,15-20,26,29H,3-12,14H2,1-2H3,(H,28,30). The number of hydrogen-bond acceptors (Lipinski definition) is 8. The Morgan fingerprint density at radius 2 is 1.88 bits per heavy atom. The first kappa shape index (κ1) is 23.4. The first-order valence-corrected chi connectivity index (χ1v) is 13.0. The third-order valence-corrected chi connectivity index (χ3v) is 7.40. The van der Waals surface area contributed by atoms with E-state index in [1.165, 1.54) is 0 Å². The van der Waals surface area contributed by atoms with Crippen LogP contribution < -0.4 is 16.0 Å². The smallest absolute Gasteiger partial charge is 0.309 e. The molecule has 4 heterocycles. The molecule has 1 atom stereocenters. The molecule has 0 bridgehead atoms. The van der Waals surface area contributed by atoms with Crippen LogP contribution in [0.3, 0.4) is 0 Å². The van der Waals surface area contributed by atoms with Gasteiger partial charge in [-0.05, 0) is 57.4 Å². The Bertz CT molecular complexity index is 972. The first-order valence-electron chi connectivity index (χ1n) is 13.0. The van der Waals surface area contributed by atoms with Crippen molar-refractivity contribution in [3.05, 3.63) is 17.8 Å². The van der Waals surface area contributed by atoms with Crippen LogP contribution in [0.4, 0.5) is 11.6 Å². The van der Waals surface area contributed by atoms with Crippen LogP contribution in [-0.2, 0) is 14.3 Å². The minimum absolute atomic E-state index is 0.0131. The maximum absolute atomic E-state index is 12.6. The average molecular weight is 471 g/mol. The Morgan fingerprint density at radius 3 is 2.59 bits per heavy atom. The summed E-state index contributed by atoms with van der Waals surface area (Å²) in [5.74, 6) is 2.17. The second-order valence-electron chi connectivity index (χ2n) is 10.3. The second kappa shape index (κ2) is 10.5. The Kier molecular flexibility index (Phi) is 7.20. The summed E-state index contributed by atoms with van der Waals surface area (Å²) in [7, 11) is 0. The molecule has 9 nitrogen and oxygen atoms in total. The fourth-order valence-electron chi connectivity index (χ4n) is 5.29. The monoisotopic (exact) mass is 470 g/mol. The number of nitrogens with zero attached hydrogens (tertiary/aromatic N) is 3. The number of esters is 1. The molecule has 9 heteroatoms. The number of anilines is 2. The van der Waals surface area contributed by atoms with Gasteiger partial charge in [0.15, 0.2) is 5.65 Å². The van der Waals surface area contributed by atoms with Crippen molar-refractivity contribution in [2.45, 2.75) is 82.9 Å². The Hall–Kier alpha value is -2.39. The molecule has 5 rings (SSSR count). The molecule has 2 aromatic heterocycles. The molecule has 3 fully saturated rings. The van der Waals surface area contributed by atoms with Crippen LogP contribution in [0, 0.1) is 5.92 Å². The van der Waals surface area contributed by atoms with Crippen molar-refractivity contribution in [3.8, 4) is 0 Å². The van der Waals surface area contributed by atoms with E-state index in [1.54, 1.807) is 0 Å². The van der Waals surface area contributed by atoms with Crippen molar-refractivity contribution in [2.24, 2.45) is 5.92 Å². The fourth-order valence-corrected chi connectivity index (χ4v) is 5.29. The van der Waals surface area contributed by atoms with Gasteiger partial charge in [-0.15, -0.1) is 0 Å². The molecule has 1 aliphatic carbocycles. The highest BCUT2D eigenvalue weighted by Crippen LogP contribution is 2.30. The number of aromatic nitrogens is 3. The Balaban J connectivity index is 1.27. The van der Waals surface area contributed by atoms with Gasteiger partial charge < -0.3 is 25.4 Å². The summed E-state index contributed by atoms with van der Waals surface area (Å²) in [6.07, 6.45) is 8.47. The van der Waals surface area contributed by atoms with E-state index in [4.69, 9.17) is 14.5 Å². The first-order chi connectivity index (χ1) is 16.6. The fraction of sp³-hybridized carbons (Fsp3) is 0.720. The highest BCUT2D eigenvalue weighted by atomic mass is 16.5. The molecule has 1 saturated carbocycles. The number of nitrogens with one attached hydrogen (secondary N) is 3. The Morgan fingerprint density at radius 1 is 1.12 bits per heavy atom. The van der Waals surface area contributed by atoms with Crippen LogP contribution in [0.1, 0.15) is 70.3 Å². The average Bonchev–Trinajstić information content (AvgIpc) is 3.50. The number of rotatable bonds is 7. The molecule has 2 aliphatic heterocycles. The van der Waals surface area contributed by atoms with Crippen LogP contribution in [0.5, 0.6) is 0 Å². The molecule has 34 heavy (non-hydrogen) atoms. The van der Waals surface area contributed by atoms with Gasteiger partial charge in [-0.2, -0.15) is 9.61 Å². The zero-order valence-corrected chi connectivity index (χ0v) is 20.4. The van der Waals surface area contributed by atoms with Crippen molar-refractivity contribution in [3.63, 3.8) is 0 Å². The molecule has 0 radical (unpaired) electrons. The highest BCUT2D eigenvalue weighted by Gasteiger charge is 2.30. The van der Waals surface area contributed by atoms with Crippen molar-refractivity contribution >= 4 is 23.3 Å². The maximum Gasteiger partial charge on any atom is 0.309 e. The van der Waals surface area contributed by atoms with Gasteiger partial charge in [-0.25, -0.2) is 4.98 Å². The largest absolute Gasteiger partial charge is 0.461 e. The topological polar surface area (TPSA) is 102 Å². The molecule has 1 unspecified atom stereocenters. The zero-order chi connectivity index (χ0) is 23.5. The molecule has 186 valence electrons. The number of hydrogen-bond donors (Lipinski definition) is 3. The number of carbonyl (C=O) groups is 1. The number of ether oxygens (including phenoxy) is 2.